The van der Waals surface area contributed by atoms with Gasteiger partial charge in [-0.2, -0.15) is 0 Å². The minimum atomic E-state index is -0.212. The first-order valence-electron chi connectivity index (χ1n) is 6.20. The molecule has 0 saturated carbocycles. The van der Waals surface area contributed by atoms with Crippen molar-refractivity contribution in [1.82, 2.24) is 15.4 Å². The van der Waals surface area contributed by atoms with Crippen molar-refractivity contribution >= 4 is 5.91 Å². The smallest absolute Gasteiger partial charge is 0.289 e. The first-order valence-corrected chi connectivity index (χ1v) is 6.20. The van der Waals surface area contributed by atoms with E-state index < -0.39 is 0 Å². The monoisotopic (exact) mass is 253 g/mol. The summed E-state index contributed by atoms with van der Waals surface area (Å²) in [6.45, 7) is 7.84. The molecule has 1 aromatic heterocycles. The van der Waals surface area contributed by atoms with E-state index >= 15 is 0 Å². The van der Waals surface area contributed by atoms with Gasteiger partial charge in [0.1, 0.15) is 0 Å². The molecule has 6 nitrogen and oxygen atoms in total. The molecule has 100 valence electrons. The lowest BCUT2D eigenvalue weighted by Crippen LogP contribution is -2.47. The minimum absolute atomic E-state index is 0.212. The Morgan fingerprint density at radius 1 is 1.56 bits per heavy atom. The summed E-state index contributed by atoms with van der Waals surface area (Å²) in [5.74, 6) is 0.0531. The number of aromatic nitrogens is 1. The molecule has 1 atom stereocenters. The summed E-state index contributed by atoms with van der Waals surface area (Å²) < 4.78 is 10.2. The fraction of sp³-hybridized carbons (Fsp3) is 0.667. The Kier molecular flexibility index (Phi) is 4.33. The number of aryl methyl sites for hydroxylation is 1. The summed E-state index contributed by atoms with van der Waals surface area (Å²) in [6, 6.07) is 1.93. The highest BCUT2D eigenvalue weighted by Gasteiger charge is 2.18. The molecule has 0 aliphatic carbocycles. The van der Waals surface area contributed by atoms with Crippen LogP contribution < -0.4 is 5.32 Å². The number of hydrogen-bond donors (Lipinski definition) is 1. The predicted octanol–water partition coefficient (Wildman–Crippen LogP) is 0.434. The van der Waals surface area contributed by atoms with Crippen LogP contribution in [0.1, 0.15) is 23.2 Å². The molecule has 1 aliphatic rings. The second-order valence-corrected chi connectivity index (χ2v) is 4.54. The molecule has 0 aromatic carbocycles. The quantitative estimate of drug-likeness (QED) is 0.843. The molecule has 0 bridgehead atoms. The average molecular weight is 253 g/mol. The summed E-state index contributed by atoms with van der Waals surface area (Å²) in [5, 5.41) is 6.55. The molecular formula is C12H19N3O3. The van der Waals surface area contributed by atoms with Crippen LogP contribution >= 0.6 is 0 Å². The lowest BCUT2D eigenvalue weighted by molar-refractivity contribution is 0.0203. The van der Waals surface area contributed by atoms with E-state index in [-0.39, 0.29) is 11.7 Å². The molecule has 0 unspecified atom stereocenters. The maximum absolute atomic E-state index is 11.8. The summed E-state index contributed by atoms with van der Waals surface area (Å²) in [7, 11) is 0. The lowest BCUT2D eigenvalue weighted by atomic mass is 10.2. The topological polar surface area (TPSA) is 67.6 Å². The van der Waals surface area contributed by atoms with Gasteiger partial charge in [-0.3, -0.25) is 9.69 Å². The third-order valence-corrected chi connectivity index (χ3v) is 3.08. The van der Waals surface area contributed by atoms with E-state index in [4.69, 9.17) is 9.26 Å². The molecule has 0 spiro atoms. The highest BCUT2D eigenvalue weighted by molar-refractivity contribution is 5.91. The molecule has 1 aliphatic heterocycles. The number of nitrogens with zero attached hydrogens (tertiary/aromatic N) is 2. The largest absolute Gasteiger partial charge is 0.379 e. The second-order valence-electron chi connectivity index (χ2n) is 4.54. The van der Waals surface area contributed by atoms with Crippen LogP contribution in [-0.4, -0.2) is 54.9 Å². The number of morpholine rings is 1. The van der Waals surface area contributed by atoms with Gasteiger partial charge in [0.15, 0.2) is 0 Å². The lowest BCUT2D eigenvalue weighted by Gasteiger charge is -2.32. The van der Waals surface area contributed by atoms with Crippen LogP contribution in [0.4, 0.5) is 0 Å². The Bertz CT molecular complexity index is 399. The van der Waals surface area contributed by atoms with Crippen LogP contribution in [-0.2, 0) is 4.74 Å². The molecule has 1 fully saturated rings. The standard InChI is InChI=1S/C12H19N3O3/c1-9-7-11(18-14-9)12(16)13-8-10(2)15-3-5-17-6-4-15/h7,10H,3-6,8H2,1-2H3,(H,13,16)/t10-/m1/s1. The number of carbonyl (C=O) groups excluding carboxylic acids is 1. The molecule has 2 rings (SSSR count). The maximum Gasteiger partial charge on any atom is 0.289 e. The summed E-state index contributed by atoms with van der Waals surface area (Å²) in [4.78, 5) is 14.1. The zero-order valence-electron chi connectivity index (χ0n) is 10.8. The highest BCUT2D eigenvalue weighted by Crippen LogP contribution is 2.04. The number of ether oxygens (including phenoxy) is 1. The molecule has 1 aromatic rings. The molecule has 1 N–H and O–H groups in total. The van der Waals surface area contributed by atoms with Gasteiger partial charge < -0.3 is 14.6 Å². The minimum Gasteiger partial charge on any atom is -0.379 e. The molecule has 2 heterocycles. The van der Waals surface area contributed by atoms with Crippen molar-refractivity contribution in [3.8, 4) is 0 Å². The number of hydrogen-bond acceptors (Lipinski definition) is 5. The molecule has 1 saturated heterocycles. The third-order valence-electron chi connectivity index (χ3n) is 3.08. The zero-order chi connectivity index (χ0) is 13.0. The zero-order valence-corrected chi connectivity index (χ0v) is 10.8. The van der Waals surface area contributed by atoms with E-state index in [1.165, 1.54) is 0 Å². The van der Waals surface area contributed by atoms with Crippen LogP contribution in [0.2, 0.25) is 0 Å². The van der Waals surface area contributed by atoms with Crippen molar-refractivity contribution in [3.63, 3.8) is 0 Å². The SMILES string of the molecule is Cc1cc(C(=O)NC[C@@H](C)N2CCOCC2)on1. The average Bonchev–Trinajstić information content (AvgIpc) is 2.83. The molecule has 6 heteroatoms. The van der Waals surface area contributed by atoms with Gasteiger partial charge in [0.05, 0.1) is 18.9 Å². The van der Waals surface area contributed by atoms with Crippen molar-refractivity contribution in [2.75, 3.05) is 32.8 Å². The number of nitrogens with one attached hydrogen (secondary N) is 1. The van der Waals surface area contributed by atoms with Crippen molar-refractivity contribution in [2.45, 2.75) is 19.9 Å². The molecule has 1 amide bonds. The van der Waals surface area contributed by atoms with Crippen LogP contribution in [0, 0.1) is 6.92 Å². The van der Waals surface area contributed by atoms with E-state index in [1.807, 2.05) is 0 Å². The van der Waals surface area contributed by atoms with Crippen LogP contribution in [0.15, 0.2) is 10.6 Å². The van der Waals surface area contributed by atoms with Crippen LogP contribution in [0.25, 0.3) is 0 Å². The van der Waals surface area contributed by atoms with Gasteiger partial charge in [-0.1, -0.05) is 5.16 Å². The third kappa shape index (κ3) is 3.30. The highest BCUT2D eigenvalue weighted by atomic mass is 16.5. The first-order chi connectivity index (χ1) is 8.66. The Morgan fingerprint density at radius 3 is 2.89 bits per heavy atom. The van der Waals surface area contributed by atoms with E-state index in [9.17, 15) is 4.79 Å². The fourth-order valence-electron chi connectivity index (χ4n) is 1.95. The van der Waals surface area contributed by atoms with Crippen LogP contribution in [0.3, 0.4) is 0 Å². The normalized spacial score (nSPS) is 18.6. The van der Waals surface area contributed by atoms with Gasteiger partial charge >= 0.3 is 0 Å². The van der Waals surface area contributed by atoms with Crippen molar-refractivity contribution < 1.29 is 14.1 Å². The van der Waals surface area contributed by atoms with E-state index in [0.717, 1.165) is 26.3 Å². The number of carbonyl (C=O) groups is 1. The Hall–Kier alpha value is -1.40. The predicted molar refractivity (Wildman–Crippen MR) is 65.4 cm³/mol. The summed E-state index contributed by atoms with van der Waals surface area (Å²) in [6.07, 6.45) is 0. The van der Waals surface area contributed by atoms with Gasteiger partial charge in [0, 0.05) is 31.7 Å². The first kappa shape index (κ1) is 13.0. The van der Waals surface area contributed by atoms with Gasteiger partial charge in [-0.15, -0.1) is 0 Å². The van der Waals surface area contributed by atoms with Gasteiger partial charge in [0.2, 0.25) is 5.76 Å². The Labute approximate surface area is 106 Å². The van der Waals surface area contributed by atoms with Gasteiger partial charge in [0.25, 0.3) is 5.91 Å². The van der Waals surface area contributed by atoms with Crippen molar-refractivity contribution in [1.29, 1.82) is 0 Å². The number of amides is 1. The molecule has 18 heavy (non-hydrogen) atoms. The Morgan fingerprint density at radius 2 is 2.28 bits per heavy atom. The Balaban J connectivity index is 1.78. The second kappa shape index (κ2) is 5.97. The summed E-state index contributed by atoms with van der Waals surface area (Å²) >= 11 is 0. The van der Waals surface area contributed by atoms with Gasteiger partial charge in [-0.25, -0.2) is 0 Å². The molecule has 0 radical (unpaired) electrons. The van der Waals surface area contributed by atoms with E-state index in [0.29, 0.717) is 18.3 Å². The summed E-state index contributed by atoms with van der Waals surface area (Å²) in [5.41, 5.74) is 0.710. The van der Waals surface area contributed by atoms with Gasteiger partial charge in [-0.05, 0) is 13.8 Å². The maximum atomic E-state index is 11.8. The molecular weight excluding hydrogens is 234 g/mol. The van der Waals surface area contributed by atoms with Crippen molar-refractivity contribution in [3.05, 3.63) is 17.5 Å². The fourth-order valence-corrected chi connectivity index (χ4v) is 1.95. The van der Waals surface area contributed by atoms with E-state index in [1.54, 1.807) is 13.0 Å². The van der Waals surface area contributed by atoms with E-state index in [2.05, 4.69) is 22.3 Å². The van der Waals surface area contributed by atoms with Crippen molar-refractivity contribution in [2.24, 2.45) is 0 Å². The van der Waals surface area contributed by atoms with Crippen LogP contribution in [0.5, 0.6) is 0 Å². The number of rotatable bonds is 4.